The smallest absolute Gasteiger partial charge is 0.232 e. The maximum Gasteiger partial charge on any atom is 0.232 e. The fourth-order valence-electron chi connectivity index (χ4n) is 1.54. The predicted octanol–water partition coefficient (Wildman–Crippen LogP) is 1.90. The SMILES string of the molecule is O=S(=O)(Cl)CCCOC1CCCC1. The minimum atomic E-state index is -3.33. The second-order valence-electron chi connectivity index (χ2n) is 3.37. The molecule has 1 rings (SSSR count). The van der Waals surface area contributed by atoms with Gasteiger partial charge in [0.15, 0.2) is 0 Å². The van der Waals surface area contributed by atoms with Crippen molar-refractivity contribution in [3.63, 3.8) is 0 Å². The second-order valence-corrected chi connectivity index (χ2v) is 6.27. The van der Waals surface area contributed by atoms with Crippen LogP contribution in [0.4, 0.5) is 0 Å². The molecular weight excluding hydrogens is 212 g/mol. The molecule has 13 heavy (non-hydrogen) atoms. The van der Waals surface area contributed by atoms with Gasteiger partial charge in [-0.05, 0) is 19.3 Å². The van der Waals surface area contributed by atoms with E-state index in [0.717, 1.165) is 12.8 Å². The van der Waals surface area contributed by atoms with E-state index in [9.17, 15) is 8.42 Å². The maximum absolute atomic E-state index is 10.5. The van der Waals surface area contributed by atoms with Crippen LogP contribution in [0.1, 0.15) is 32.1 Å². The van der Waals surface area contributed by atoms with Crippen molar-refractivity contribution in [3.8, 4) is 0 Å². The third-order valence-electron chi connectivity index (χ3n) is 2.19. The van der Waals surface area contributed by atoms with Crippen LogP contribution in [0.2, 0.25) is 0 Å². The summed E-state index contributed by atoms with van der Waals surface area (Å²) in [4.78, 5) is 0. The minimum absolute atomic E-state index is 0.0152. The van der Waals surface area contributed by atoms with Gasteiger partial charge in [0.1, 0.15) is 0 Å². The molecular formula is C8H15ClO3S. The highest BCUT2D eigenvalue weighted by Gasteiger charge is 2.15. The average molecular weight is 227 g/mol. The summed E-state index contributed by atoms with van der Waals surface area (Å²) in [5.74, 6) is 0.0152. The summed E-state index contributed by atoms with van der Waals surface area (Å²) < 4.78 is 26.5. The molecule has 0 atom stereocenters. The molecule has 1 fully saturated rings. The van der Waals surface area contributed by atoms with Gasteiger partial charge in [0.25, 0.3) is 0 Å². The third-order valence-corrected chi connectivity index (χ3v) is 3.43. The first-order valence-corrected chi connectivity index (χ1v) is 7.10. The Morgan fingerprint density at radius 1 is 1.31 bits per heavy atom. The van der Waals surface area contributed by atoms with Gasteiger partial charge >= 0.3 is 0 Å². The van der Waals surface area contributed by atoms with Gasteiger partial charge in [-0.25, -0.2) is 8.42 Å². The number of ether oxygens (including phenoxy) is 1. The lowest BCUT2D eigenvalue weighted by Crippen LogP contribution is -2.10. The van der Waals surface area contributed by atoms with E-state index in [2.05, 4.69) is 0 Å². The van der Waals surface area contributed by atoms with Crippen LogP contribution in [-0.2, 0) is 13.8 Å². The molecule has 0 bridgehead atoms. The summed E-state index contributed by atoms with van der Waals surface area (Å²) in [7, 11) is 1.72. The Bertz CT molecular complexity index is 232. The van der Waals surface area contributed by atoms with Crippen LogP contribution < -0.4 is 0 Å². The van der Waals surface area contributed by atoms with Gasteiger partial charge in [-0.15, -0.1) is 0 Å². The van der Waals surface area contributed by atoms with Crippen LogP contribution in [0, 0.1) is 0 Å². The van der Waals surface area contributed by atoms with Crippen molar-refractivity contribution in [2.45, 2.75) is 38.2 Å². The van der Waals surface area contributed by atoms with Gasteiger partial charge in [0.2, 0.25) is 9.05 Å². The van der Waals surface area contributed by atoms with Crippen LogP contribution in [0.25, 0.3) is 0 Å². The molecule has 0 heterocycles. The molecule has 0 aromatic rings. The number of halogens is 1. The summed E-state index contributed by atoms with van der Waals surface area (Å²) in [6.07, 6.45) is 5.57. The molecule has 0 unspecified atom stereocenters. The molecule has 1 aliphatic carbocycles. The molecule has 0 radical (unpaired) electrons. The summed E-state index contributed by atoms with van der Waals surface area (Å²) in [6, 6.07) is 0. The number of hydrogen-bond donors (Lipinski definition) is 0. The number of hydrogen-bond acceptors (Lipinski definition) is 3. The molecule has 1 saturated carbocycles. The summed E-state index contributed by atoms with van der Waals surface area (Å²) in [6.45, 7) is 0.511. The lowest BCUT2D eigenvalue weighted by molar-refractivity contribution is 0.0592. The van der Waals surface area contributed by atoms with Gasteiger partial charge in [0, 0.05) is 17.3 Å². The minimum Gasteiger partial charge on any atom is -0.378 e. The first-order chi connectivity index (χ1) is 6.08. The highest BCUT2D eigenvalue weighted by Crippen LogP contribution is 2.20. The van der Waals surface area contributed by atoms with E-state index < -0.39 is 9.05 Å². The highest BCUT2D eigenvalue weighted by atomic mass is 35.7. The first-order valence-electron chi connectivity index (χ1n) is 4.62. The molecule has 0 aliphatic heterocycles. The van der Waals surface area contributed by atoms with Crippen molar-refractivity contribution in [2.24, 2.45) is 0 Å². The van der Waals surface area contributed by atoms with Crippen LogP contribution in [0.5, 0.6) is 0 Å². The largest absolute Gasteiger partial charge is 0.378 e. The lowest BCUT2D eigenvalue weighted by Gasteiger charge is -2.09. The van der Waals surface area contributed by atoms with E-state index in [1.165, 1.54) is 12.8 Å². The van der Waals surface area contributed by atoms with Crippen molar-refractivity contribution >= 4 is 19.7 Å². The maximum atomic E-state index is 10.5. The Balaban J connectivity index is 2.01. The molecule has 3 nitrogen and oxygen atoms in total. The van der Waals surface area contributed by atoms with E-state index in [4.69, 9.17) is 15.4 Å². The molecule has 5 heteroatoms. The fraction of sp³-hybridized carbons (Fsp3) is 1.00. The molecule has 0 saturated heterocycles. The van der Waals surface area contributed by atoms with Crippen LogP contribution in [-0.4, -0.2) is 26.9 Å². The molecule has 78 valence electrons. The molecule has 0 spiro atoms. The second kappa shape index (κ2) is 5.17. The van der Waals surface area contributed by atoms with Crippen molar-refractivity contribution in [1.29, 1.82) is 0 Å². The van der Waals surface area contributed by atoms with Crippen LogP contribution in [0.3, 0.4) is 0 Å². The predicted molar refractivity (Wildman–Crippen MR) is 52.5 cm³/mol. The molecule has 0 aromatic carbocycles. The van der Waals surface area contributed by atoms with Gasteiger partial charge in [-0.1, -0.05) is 12.8 Å². The molecule has 0 N–H and O–H groups in total. The quantitative estimate of drug-likeness (QED) is 0.531. The zero-order valence-electron chi connectivity index (χ0n) is 7.54. The molecule has 0 amide bonds. The Kier molecular flexibility index (Phi) is 4.49. The van der Waals surface area contributed by atoms with Gasteiger partial charge in [-0.2, -0.15) is 0 Å². The number of rotatable bonds is 5. The Hall–Kier alpha value is 0.200. The third kappa shape index (κ3) is 5.49. The Morgan fingerprint density at radius 2 is 1.92 bits per heavy atom. The van der Waals surface area contributed by atoms with Gasteiger partial charge in [0.05, 0.1) is 11.9 Å². The van der Waals surface area contributed by atoms with Crippen molar-refractivity contribution in [2.75, 3.05) is 12.4 Å². The Morgan fingerprint density at radius 3 is 2.46 bits per heavy atom. The normalized spacial score (nSPS) is 19.5. The van der Waals surface area contributed by atoms with Gasteiger partial charge in [-0.3, -0.25) is 0 Å². The van der Waals surface area contributed by atoms with Crippen molar-refractivity contribution in [3.05, 3.63) is 0 Å². The van der Waals surface area contributed by atoms with E-state index in [-0.39, 0.29) is 5.75 Å². The zero-order chi connectivity index (χ0) is 9.73. The lowest BCUT2D eigenvalue weighted by atomic mass is 10.3. The van der Waals surface area contributed by atoms with Gasteiger partial charge < -0.3 is 4.74 Å². The first kappa shape index (κ1) is 11.3. The topological polar surface area (TPSA) is 43.4 Å². The molecule has 1 aliphatic rings. The summed E-state index contributed by atoms with van der Waals surface area (Å²) >= 11 is 0. The average Bonchev–Trinajstić information content (AvgIpc) is 2.48. The highest BCUT2D eigenvalue weighted by molar-refractivity contribution is 8.13. The fourth-order valence-corrected chi connectivity index (χ4v) is 2.33. The Labute approximate surface area is 83.8 Å². The summed E-state index contributed by atoms with van der Waals surface area (Å²) in [5, 5.41) is 0. The monoisotopic (exact) mass is 226 g/mol. The zero-order valence-corrected chi connectivity index (χ0v) is 9.11. The van der Waals surface area contributed by atoms with E-state index in [0.29, 0.717) is 19.1 Å². The van der Waals surface area contributed by atoms with Crippen molar-refractivity contribution < 1.29 is 13.2 Å². The van der Waals surface area contributed by atoms with E-state index >= 15 is 0 Å². The standard InChI is InChI=1S/C8H15ClO3S/c9-13(10,11)7-3-6-12-8-4-1-2-5-8/h8H,1-7H2. The van der Waals surface area contributed by atoms with Crippen LogP contribution >= 0.6 is 10.7 Å². The van der Waals surface area contributed by atoms with Crippen LogP contribution in [0.15, 0.2) is 0 Å². The molecule has 0 aromatic heterocycles. The summed E-state index contributed by atoms with van der Waals surface area (Å²) in [5.41, 5.74) is 0. The van der Waals surface area contributed by atoms with Crippen molar-refractivity contribution in [1.82, 2.24) is 0 Å². The van der Waals surface area contributed by atoms with E-state index in [1.807, 2.05) is 0 Å². The van der Waals surface area contributed by atoms with E-state index in [1.54, 1.807) is 0 Å².